The number of aryl methyl sites for hydroxylation is 1. The maximum atomic E-state index is 13.1. The Labute approximate surface area is 143 Å². The van der Waals surface area contributed by atoms with Crippen LogP contribution in [-0.2, 0) is 9.59 Å². The molecule has 1 aliphatic heterocycles. The van der Waals surface area contributed by atoms with Crippen molar-refractivity contribution in [3.05, 3.63) is 54.0 Å². The minimum Gasteiger partial charge on any atom is -0.368 e. The maximum Gasteiger partial charge on any atom is 0.273 e. The Hall–Kier alpha value is -3.29. The van der Waals surface area contributed by atoms with Gasteiger partial charge in [-0.05, 0) is 43.3 Å². The number of primary amides is 1. The number of nitrogens with two attached hydrogens (primary N) is 1. The highest BCUT2D eigenvalue weighted by Crippen LogP contribution is 2.25. The third kappa shape index (κ3) is 3.63. The number of pyridine rings is 1. The number of carbonyl (C=O) groups excluding carboxylic acids is 2. The molecule has 2 heterocycles. The zero-order valence-electron chi connectivity index (χ0n) is 13.4. The summed E-state index contributed by atoms with van der Waals surface area (Å²) in [6, 6.07) is 9.86. The van der Waals surface area contributed by atoms with Gasteiger partial charge in [-0.15, -0.1) is 0 Å². The van der Waals surface area contributed by atoms with E-state index in [1.165, 1.54) is 29.3 Å². The van der Waals surface area contributed by atoms with Crippen LogP contribution in [0.4, 0.5) is 15.9 Å². The summed E-state index contributed by atoms with van der Waals surface area (Å²) >= 11 is 0. The number of aromatic nitrogens is 1. The number of hydrogen-bond donors (Lipinski definition) is 2. The first-order valence-corrected chi connectivity index (χ1v) is 7.60. The van der Waals surface area contributed by atoms with E-state index in [0.717, 1.165) is 5.69 Å². The first kappa shape index (κ1) is 16.6. The van der Waals surface area contributed by atoms with E-state index in [1.54, 1.807) is 12.1 Å². The molecular weight excluding hydrogens is 325 g/mol. The van der Waals surface area contributed by atoms with Gasteiger partial charge in [0.1, 0.15) is 23.4 Å². The molecule has 0 fully saturated rings. The van der Waals surface area contributed by atoms with Crippen molar-refractivity contribution in [2.45, 2.75) is 19.4 Å². The normalized spacial score (nSPS) is 16.5. The lowest BCUT2D eigenvalue weighted by Crippen LogP contribution is -2.39. The Balaban J connectivity index is 1.83. The average Bonchev–Trinajstić information content (AvgIpc) is 3.01. The summed E-state index contributed by atoms with van der Waals surface area (Å²) in [5, 5.41) is 8.18. The SMILES string of the molecule is Cc1cccc(NC(=O)C2=NN(c3ccc(F)cc3)C(C(N)=O)C2)n1. The summed E-state index contributed by atoms with van der Waals surface area (Å²) in [6.07, 6.45) is 0.0599. The van der Waals surface area contributed by atoms with Crippen LogP contribution < -0.4 is 16.1 Å². The van der Waals surface area contributed by atoms with Gasteiger partial charge in [0.15, 0.2) is 0 Å². The van der Waals surface area contributed by atoms with Crippen LogP contribution in [0.15, 0.2) is 47.6 Å². The Kier molecular flexibility index (Phi) is 4.42. The van der Waals surface area contributed by atoms with Gasteiger partial charge < -0.3 is 11.1 Å². The number of carbonyl (C=O) groups is 2. The number of halogens is 1. The molecule has 2 amide bonds. The van der Waals surface area contributed by atoms with Crippen molar-refractivity contribution in [1.29, 1.82) is 0 Å². The van der Waals surface area contributed by atoms with Crippen LogP contribution in [0, 0.1) is 12.7 Å². The van der Waals surface area contributed by atoms with Gasteiger partial charge in [-0.25, -0.2) is 9.37 Å². The molecule has 0 radical (unpaired) electrons. The fourth-order valence-corrected chi connectivity index (χ4v) is 2.50. The van der Waals surface area contributed by atoms with Crippen molar-refractivity contribution in [3.63, 3.8) is 0 Å². The number of nitrogens with one attached hydrogen (secondary N) is 1. The monoisotopic (exact) mass is 341 g/mol. The van der Waals surface area contributed by atoms with Gasteiger partial charge in [-0.2, -0.15) is 5.10 Å². The molecule has 1 unspecified atom stereocenters. The smallest absolute Gasteiger partial charge is 0.273 e. The molecule has 3 N–H and O–H groups in total. The lowest BCUT2D eigenvalue weighted by Gasteiger charge is -2.20. The van der Waals surface area contributed by atoms with Gasteiger partial charge in [0.25, 0.3) is 5.91 Å². The lowest BCUT2D eigenvalue weighted by atomic mass is 10.1. The molecule has 25 heavy (non-hydrogen) atoms. The molecule has 3 rings (SSSR count). The molecule has 1 atom stereocenters. The topological polar surface area (TPSA) is 101 Å². The third-order valence-electron chi connectivity index (χ3n) is 3.72. The van der Waals surface area contributed by atoms with Crippen molar-refractivity contribution >= 4 is 29.0 Å². The largest absolute Gasteiger partial charge is 0.368 e. The number of amides is 2. The van der Waals surface area contributed by atoms with Crippen LogP contribution in [0.5, 0.6) is 0 Å². The summed E-state index contributed by atoms with van der Waals surface area (Å²) in [6.45, 7) is 1.81. The van der Waals surface area contributed by atoms with Crippen molar-refractivity contribution < 1.29 is 14.0 Å². The molecule has 0 saturated heterocycles. The Morgan fingerprint density at radius 3 is 2.60 bits per heavy atom. The van der Waals surface area contributed by atoms with Gasteiger partial charge in [-0.1, -0.05) is 6.07 Å². The number of hydrogen-bond acceptors (Lipinski definition) is 5. The van der Waals surface area contributed by atoms with Gasteiger partial charge in [0, 0.05) is 12.1 Å². The molecule has 8 heteroatoms. The highest BCUT2D eigenvalue weighted by Gasteiger charge is 2.35. The summed E-state index contributed by atoms with van der Waals surface area (Å²) in [4.78, 5) is 28.3. The van der Waals surface area contributed by atoms with E-state index in [-0.39, 0.29) is 12.1 Å². The number of nitrogens with zero attached hydrogens (tertiary/aromatic N) is 3. The fourth-order valence-electron chi connectivity index (χ4n) is 2.50. The Bertz CT molecular complexity index is 850. The second-order valence-electron chi connectivity index (χ2n) is 5.61. The van der Waals surface area contributed by atoms with Crippen molar-refractivity contribution in [2.75, 3.05) is 10.3 Å². The highest BCUT2D eigenvalue weighted by molar-refractivity contribution is 6.44. The second kappa shape index (κ2) is 6.68. The molecule has 1 aromatic heterocycles. The standard InChI is InChI=1S/C17H16FN5O2/c1-10-3-2-4-15(20-10)21-17(25)13-9-14(16(19)24)23(22-13)12-7-5-11(18)6-8-12/h2-8,14H,9H2,1H3,(H2,19,24)(H,20,21,25). The molecule has 0 spiro atoms. The van der Waals surface area contributed by atoms with E-state index in [2.05, 4.69) is 15.4 Å². The zero-order valence-corrected chi connectivity index (χ0v) is 13.4. The van der Waals surface area contributed by atoms with Gasteiger partial charge in [0.05, 0.1) is 5.69 Å². The maximum absolute atomic E-state index is 13.1. The van der Waals surface area contributed by atoms with Crippen LogP contribution in [-0.4, -0.2) is 28.6 Å². The van der Waals surface area contributed by atoms with E-state index in [9.17, 15) is 14.0 Å². The molecule has 1 aliphatic rings. The minimum atomic E-state index is -0.809. The predicted octanol–water partition coefficient (Wildman–Crippen LogP) is 1.59. The zero-order chi connectivity index (χ0) is 18.0. The molecule has 2 aromatic rings. The lowest BCUT2D eigenvalue weighted by molar-refractivity contribution is -0.119. The number of benzene rings is 1. The predicted molar refractivity (Wildman–Crippen MR) is 91.5 cm³/mol. The van der Waals surface area contributed by atoms with Crippen LogP contribution in [0.3, 0.4) is 0 Å². The highest BCUT2D eigenvalue weighted by atomic mass is 19.1. The summed E-state index contributed by atoms with van der Waals surface area (Å²) in [7, 11) is 0. The quantitative estimate of drug-likeness (QED) is 0.882. The van der Waals surface area contributed by atoms with E-state index in [1.807, 2.05) is 13.0 Å². The van der Waals surface area contributed by atoms with Crippen LogP contribution >= 0.6 is 0 Å². The van der Waals surface area contributed by atoms with E-state index >= 15 is 0 Å². The first-order valence-electron chi connectivity index (χ1n) is 7.60. The van der Waals surface area contributed by atoms with E-state index in [4.69, 9.17) is 5.73 Å². The van der Waals surface area contributed by atoms with Crippen LogP contribution in [0.1, 0.15) is 12.1 Å². The van der Waals surface area contributed by atoms with Gasteiger partial charge in [0.2, 0.25) is 5.91 Å². The molecule has 128 valence electrons. The fraction of sp³-hybridized carbons (Fsp3) is 0.176. The minimum absolute atomic E-state index is 0.0599. The summed E-state index contributed by atoms with van der Waals surface area (Å²) < 4.78 is 13.1. The van der Waals surface area contributed by atoms with Crippen molar-refractivity contribution in [2.24, 2.45) is 10.8 Å². The Morgan fingerprint density at radius 2 is 1.96 bits per heavy atom. The number of hydrazone groups is 1. The molecule has 7 nitrogen and oxygen atoms in total. The first-order chi connectivity index (χ1) is 11.9. The van der Waals surface area contributed by atoms with Crippen molar-refractivity contribution in [3.8, 4) is 0 Å². The number of anilines is 2. The van der Waals surface area contributed by atoms with Crippen LogP contribution in [0.2, 0.25) is 0 Å². The third-order valence-corrected chi connectivity index (χ3v) is 3.72. The van der Waals surface area contributed by atoms with Crippen molar-refractivity contribution in [1.82, 2.24) is 4.98 Å². The Morgan fingerprint density at radius 1 is 1.24 bits per heavy atom. The summed E-state index contributed by atoms with van der Waals surface area (Å²) in [5.41, 5.74) is 6.80. The summed E-state index contributed by atoms with van der Waals surface area (Å²) in [5.74, 6) is -1.10. The average molecular weight is 341 g/mol. The van der Waals surface area contributed by atoms with Crippen LogP contribution in [0.25, 0.3) is 0 Å². The number of rotatable bonds is 4. The molecule has 0 aliphatic carbocycles. The van der Waals surface area contributed by atoms with E-state index < -0.39 is 23.7 Å². The molecule has 1 aromatic carbocycles. The molecule has 0 bridgehead atoms. The van der Waals surface area contributed by atoms with E-state index in [0.29, 0.717) is 11.5 Å². The molecular formula is C17H16FN5O2. The van der Waals surface area contributed by atoms with Gasteiger partial charge in [-0.3, -0.25) is 14.6 Å². The molecule has 0 saturated carbocycles. The van der Waals surface area contributed by atoms with Gasteiger partial charge >= 0.3 is 0 Å². The second-order valence-corrected chi connectivity index (χ2v) is 5.61.